The number of hydrogen-bond acceptors (Lipinski definition) is 3. The summed E-state index contributed by atoms with van der Waals surface area (Å²) in [6.45, 7) is 2.95. The first kappa shape index (κ1) is 10.3. The van der Waals surface area contributed by atoms with E-state index in [9.17, 15) is 4.79 Å². The van der Waals surface area contributed by atoms with Crippen LogP contribution in [0.5, 0.6) is 0 Å². The summed E-state index contributed by atoms with van der Waals surface area (Å²) in [4.78, 5) is 15.9. The van der Waals surface area contributed by atoms with Crippen LogP contribution >= 0.6 is 0 Å². The number of aryl methyl sites for hydroxylation is 1. The molecular weight excluding hydrogens is 190 g/mol. The minimum atomic E-state index is 0.303. The Morgan fingerprint density at radius 2 is 2.40 bits per heavy atom. The quantitative estimate of drug-likeness (QED) is 0.736. The molecule has 82 valence electrons. The van der Waals surface area contributed by atoms with Crippen molar-refractivity contribution in [3.63, 3.8) is 0 Å². The third-order valence-electron chi connectivity index (χ3n) is 3.02. The first-order valence-electron chi connectivity index (χ1n) is 5.70. The van der Waals surface area contributed by atoms with E-state index in [0.717, 1.165) is 31.6 Å². The van der Waals surface area contributed by atoms with E-state index in [1.165, 1.54) is 6.42 Å². The predicted octanol–water partition coefficient (Wildman–Crippen LogP) is 1.60. The molecule has 1 heterocycles. The highest BCUT2D eigenvalue weighted by Crippen LogP contribution is 2.27. The van der Waals surface area contributed by atoms with E-state index < -0.39 is 0 Å². The summed E-state index contributed by atoms with van der Waals surface area (Å²) < 4.78 is 1.84. The number of aromatic nitrogens is 3. The first-order valence-corrected chi connectivity index (χ1v) is 5.70. The van der Waals surface area contributed by atoms with Crippen LogP contribution < -0.4 is 0 Å². The van der Waals surface area contributed by atoms with Gasteiger partial charge in [0.25, 0.3) is 0 Å². The van der Waals surface area contributed by atoms with Crippen molar-refractivity contribution in [2.75, 3.05) is 0 Å². The fourth-order valence-corrected chi connectivity index (χ4v) is 1.85. The predicted molar refractivity (Wildman–Crippen MR) is 56.4 cm³/mol. The second kappa shape index (κ2) is 4.55. The van der Waals surface area contributed by atoms with Gasteiger partial charge in [0.2, 0.25) is 0 Å². The molecule has 0 aliphatic heterocycles. The van der Waals surface area contributed by atoms with Gasteiger partial charge in [-0.3, -0.25) is 4.79 Å². The smallest absolute Gasteiger partial charge is 0.143 e. The summed E-state index contributed by atoms with van der Waals surface area (Å²) in [5.41, 5.74) is 0. The van der Waals surface area contributed by atoms with Crippen LogP contribution in [-0.2, 0) is 17.8 Å². The molecule has 0 N–H and O–H groups in total. The van der Waals surface area contributed by atoms with Crippen LogP contribution in [0.15, 0.2) is 6.33 Å². The molecule has 1 fully saturated rings. The van der Waals surface area contributed by atoms with Gasteiger partial charge in [-0.05, 0) is 19.3 Å². The average Bonchev–Trinajstić information content (AvgIpc) is 2.50. The molecule has 15 heavy (non-hydrogen) atoms. The van der Waals surface area contributed by atoms with Gasteiger partial charge in [-0.15, -0.1) is 0 Å². The first-order chi connectivity index (χ1) is 7.31. The summed E-state index contributed by atoms with van der Waals surface area (Å²) in [6.07, 6.45) is 6.37. The van der Waals surface area contributed by atoms with Crippen molar-refractivity contribution in [1.82, 2.24) is 14.8 Å². The third kappa shape index (κ3) is 2.25. The Hall–Kier alpha value is -1.19. The molecule has 0 spiro atoms. The van der Waals surface area contributed by atoms with Gasteiger partial charge in [-0.25, -0.2) is 9.67 Å². The van der Waals surface area contributed by atoms with Crippen LogP contribution in [0.3, 0.4) is 0 Å². The Kier molecular flexibility index (Phi) is 3.14. The number of rotatable bonds is 5. The standard InChI is InChI=1S/C11H17N3O/c1-2-6-14-11(12-8-13-14)7-10(15)9-4-3-5-9/h8-9H,2-7H2,1H3. The lowest BCUT2D eigenvalue weighted by Crippen LogP contribution is -2.25. The summed E-state index contributed by atoms with van der Waals surface area (Å²) >= 11 is 0. The molecule has 2 rings (SSSR count). The molecular formula is C11H17N3O. The second-order valence-corrected chi connectivity index (χ2v) is 4.17. The van der Waals surface area contributed by atoms with Gasteiger partial charge in [-0.2, -0.15) is 5.10 Å². The highest BCUT2D eigenvalue weighted by molar-refractivity contribution is 5.83. The average molecular weight is 207 g/mol. The molecule has 0 radical (unpaired) electrons. The summed E-state index contributed by atoms with van der Waals surface area (Å²) in [5.74, 6) is 1.47. The van der Waals surface area contributed by atoms with E-state index >= 15 is 0 Å². The van der Waals surface area contributed by atoms with E-state index in [1.54, 1.807) is 6.33 Å². The molecule has 1 aromatic rings. The lowest BCUT2D eigenvalue weighted by Gasteiger charge is -2.23. The second-order valence-electron chi connectivity index (χ2n) is 4.17. The van der Waals surface area contributed by atoms with Gasteiger partial charge < -0.3 is 0 Å². The Morgan fingerprint density at radius 1 is 1.60 bits per heavy atom. The maximum Gasteiger partial charge on any atom is 0.143 e. The van der Waals surface area contributed by atoms with E-state index in [4.69, 9.17) is 0 Å². The van der Waals surface area contributed by atoms with Crippen LogP contribution in [0.2, 0.25) is 0 Å². The molecule has 1 aromatic heterocycles. The minimum Gasteiger partial charge on any atom is -0.299 e. The fraction of sp³-hybridized carbons (Fsp3) is 0.727. The number of ketones is 1. The largest absolute Gasteiger partial charge is 0.299 e. The van der Waals surface area contributed by atoms with Crippen molar-refractivity contribution in [3.05, 3.63) is 12.2 Å². The van der Waals surface area contributed by atoms with Gasteiger partial charge in [0, 0.05) is 12.5 Å². The molecule has 0 unspecified atom stereocenters. The van der Waals surface area contributed by atoms with Gasteiger partial charge in [-0.1, -0.05) is 13.3 Å². The van der Waals surface area contributed by atoms with Crippen molar-refractivity contribution in [2.45, 2.75) is 45.6 Å². The zero-order chi connectivity index (χ0) is 10.7. The maximum atomic E-state index is 11.8. The molecule has 1 aliphatic rings. The van der Waals surface area contributed by atoms with Crippen LogP contribution in [0.1, 0.15) is 38.4 Å². The summed E-state index contributed by atoms with van der Waals surface area (Å²) in [7, 11) is 0. The van der Waals surface area contributed by atoms with Crippen molar-refractivity contribution in [1.29, 1.82) is 0 Å². The normalized spacial score (nSPS) is 16.3. The van der Waals surface area contributed by atoms with Gasteiger partial charge >= 0.3 is 0 Å². The number of Topliss-reactive ketones (excluding diaryl/α,β-unsaturated/α-hetero) is 1. The topological polar surface area (TPSA) is 47.8 Å². The molecule has 4 nitrogen and oxygen atoms in total. The number of carbonyl (C=O) groups is 1. The Morgan fingerprint density at radius 3 is 3.00 bits per heavy atom. The van der Waals surface area contributed by atoms with Gasteiger partial charge in [0.1, 0.15) is 17.9 Å². The van der Waals surface area contributed by atoms with Crippen molar-refractivity contribution in [2.24, 2.45) is 5.92 Å². The van der Waals surface area contributed by atoms with Gasteiger partial charge in [0.15, 0.2) is 0 Å². The lowest BCUT2D eigenvalue weighted by molar-refractivity contribution is -0.124. The Balaban J connectivity index is 1.96. The minimum absolute atomic E-state index is 0.303. The molecule has 0 amide bonds. The SMILES string of the molecule is CCCn1ncnc1CC(=O)C1CCC1. The Bertz CT molecular complexity index is 341. The molecule has 0 atom stereocenters. The van der Waals surface area contributed by atoms with Crippen LogP contribution in [0, 0.1) is 5.92 Å². The van der Waals surface area contributed by atoms with E-state index in [-0.39, 0.29) is 0 Å². The van der Waals surface area contributed by atoms with E-state index in [1.807, 2.05) is 4.68 Å². The zero-order valence-corrected chi connectivity index (χ0v) is 9.15. The molecule has 0 bridgehead atoms. The van der Waals surface area contributed by atoms with Crippen molar-refractivity contribution < 1.29 is 4.79 Å². The number of carbonyl (C=O) groups excluding carboxylic acids is 1. The molecule has 0 aromatic carbocycles. The van der Waals surface area contributed by atoms with E-state index in [2.05, 4.69) is 17.0 Å². The maximum absolute atomic E-state index is 11.8. The zero-order valence-electron chi connectivity index (χ0n) is 9.15. The molecule has 4 heteroatoms. The lowest BCUT2D eigenvalue weighted by atomic mass is 9.81. The highest BCUT2D eigenvalue weighted by Gasteiger charge is 2.26. The third-order valence-corrected chi connectivity index (χ3v) is 3.02. The van der Waals surface area contributed by atoms with Crippen molar-refractivity contribution >= 4 is 5.78 Å². The number of nitrogens with zero attached hydrogens (tertiary/aromatic N) is 3. The van der Waals surface area contributed by atoms with Crippen molar-refractivity contribution in [3.8, 4) is 0 Å². The number of hydrogen-bond donors (Lipinski definition) is 0. The fourth-order valence-electron chi connectivity index (χ4n) is 1.85. The Labute approximate surface area is 89.7 Å². The molecule has 1 saturated carbocycles. The summed E-state index contributed by atoms with van der Waals surface area (Å²) in [5, 5.41) is 4.12. The molecule has 1 aliphatic carbocycles. The van der Waals surface area contributed by atoms with Crippen LogP contribution in [0.4, 0.5) is 0 Å². The van der Waals surface area contributed by atoms with Gasteiger partial charge in [0.05, 0.1) is 6.42 Å². The monoisotopic (exact) mass is 207 g/mol. The van der Waals surface area contributed by atoms with Crippen LogP contribution in [-0.4, -0.2) is 20.5 Å². The molecule has 0 saturated heterocycles. The summed E-state index contributed by atoms with van der Waals surface area (Å²) in [6, 6.07) is 0. The van der Waals surface area contributed by atoms with E-state index in [0.29, 0.717) is 18.1 Å². The highest BCUT2D eigenvalue weighted by atomic mass is 16.1. The van der Waals surface area contributed by atoms with Crippen LogP contribution in [0.25, 0.3) is 0 Å².